The number of morpholine rings is 1. The van der Waals surface area contributed by atoms with Crippen molar-refractivity contribution < 1.29 is 13.2 Å². The van der Waals surface area contributed by atoms with Crippen LogP contribution >= 0.6 is 23.1 Å². The number of benzene rings is 1. The van der Waals surface area contributed by atoms with Crippen LogP contribution in [0.2, 0.25) is 0 Å². The zero-order chi connectivity index (χ0) is 20.1. The van der Waals surface area contributed by atoms with Crippen LogP contribution in [0, 0.1) is 0 Å². The van der Waals surface area contributed by atoms with Gasteiger partial charge in [-0.1, -0.05) is 54.5 Å². The number of hydrogen-bond donors (Lipinski definition) is 1. The van der Waals surface area contributed by atoms with E-state index in [1.807, 2.05) is 6.07 Å². The molecule has 158 valence electrons. The molecule has 29 heavy (non-hydrogen) atoms. The molecule has 0 unspecified atom stereocenters. The van der Waals surface area contributed by atoms with Crippen molar-refractivity contribution in [3.05, 3.63) is 29.8 Å². The van der Waals surface area contributed by atoms with Gasteiger partial charge in [0.2, 0.25) is 15.2 Å². The minimum Gasteiger partial charge on any atom is -0.379 e. The highest BCUT2D eigenvalue weighted by atomic mass is 32.2. The minimum absolute atomic E-state index is 0.342. The molecule has 0 radical (unpaired) electrons. The zero-order valence-corrected chi connectivity index (χ0v) is 18.7. The fraction of sp³-hybridized carbons (Fsp3) is 0.579. The second-order valence-electron chi connectivity index (χ2n) is 7.30. The van der Waals surface area contributed by atoms with E-state index in [9.17, 15) is 8.42 Å². The molecule has 1 aliphatic heterocycles. The van der Waals surface area contributed by atoms with Crippen LogP contribution in [0.4, 0.5) is 5.13 Å². The molecule has 7 nitrogen and oxygen atoms in total. The largest absolute Gasteiger partial charge is 0.379 e. The third-order valence-electron chi connectivity index (χ3n) is 5.21. The maximum absolute atomic E-state index is 12.8. The first kappa shape index (κ1) is 21.0. The zero-order valence-electron chi connectivity index (χ0n) is 16.2. The van der Waals surface area contributed by atoms with Crippen LogP contribution in [0.15, 0.2) is 33.5 Å². The molecule has 0 amide bonds. The third-order valence-corrected chi connectivity index (χ3v) is 9.16. The molecule has 10 heteroatoms. The van der Waals surface area contributed by atoms with Crippen molar-refractivity contribution in [3.8, 4) is 0 Å². The van der Waals surface area contributed by atoms with E-state index in [2.05, 4.69) is 15.5 Å². The lowest BCUT2D eigenvalue weighted by atomic mass is 9.96. The Morgan fingerprint density at radius 2 is 1.97 bits per heavy atom. The van der Waals surface area contributed by atoms with Crippen LogP contribution in [0.1, 0.15) is 37.7 Å². The van der Waals surface area contributed by atoms with Gasteiger partial charge in [-0.15, -0.1) is 10.2 Å². The van der Waals surface area contributed by atoms with Crippen molar-refractivity contribution in [2.24, 2.45) is 0 Å². The number of aromatic nitrogens is 2. The Hall–Kier alpha value is -1.20. The molecule has 1 N–H and O–H groups in total. The Morgan fingerprint density at radius 1 is 1.17 bits per heavy atom. The third kappa shape index (κ3) is 5.49. The van der Waals surface area contributed by atoms with Crippen LogP contribution in [-0.4, -0.2) is 55.3 Å². The van der Waals surface area contributed by atoms with E-state index in [-0.39, 0.29) is 0 Å². The molecule has 2 aromatic rings. The fourth-order valence-corrected chi connectivity index (χ4v) is 6.88. The second-order valence-corrected chi connectivity index (χ2v) is 11.4. The fourth-order valence-electron chi connectivity index (χ4n) is 3.62. The number of nitrogens with zero attached hydrogens (tertiary/aromatic N) is 3. The summed E-state index contributed by atoms with van der Waals surface area (Å²) in [5.74, 6) is 0.657. The molecule has 2 aliphatic rings. The monoisotopic (exact) mass is 454 g/mol. The highest BCUT2D eigenvalue weighted by molar-refractivity contribution is 8.00. The number of nitrogens with one attached hydrogen (secondary N) is 1. The Balaban J connectivity index is 1.36. The van der Waals surface area contributed by atoms with Crippen molar-refractivity contribution in [1.82, 2.24) is 14.5 Å². The number of ether oxygens (including phenoxy) is 1. The number of hydrogen-bond acceptors (Lipinski definition) is 8. The van der Waals surface area contributed by atoms with Crippen molar-refractivity contribution in [2.45, 2.75) is 53.1 Å². The van der Waals surface area contributed by atoms with Gasteiger partial charge in [0, 0.05) is 24.9 Å². The van der Waals surface area contributed by atoms with Gasteiger partial charge in [0.25, 0.3) is 0 Å². The van der Waals surface area contributed by atoms with Crippen LogP contribution in [0.5, 0.6) is 0 Å². The van der Waals surface area contributed by atoms with Crippen LogP contribution in [0.3, 0.4) is 0 Å². The van der Waals surface area contributed by atoms with Crippen LogP contribution in [-0.2, 0) is 20.5 Å². The summed E-state index contributed by atoms with van der Waals surface area (Å²) in [5, 5.41) is 12.9. The van der Waals surface area contributed by atoms with Crippen molar-refractivity contribution in [1.29, 1.82) is 0 Å². The van der Waals surface area contributed by atoms with Gasteiger partial charge >= 0.3 is 0 Å². The molecule has 1 aliphatic carbocycles. The summed E-state index contributed by atoms with van der Waals surface area (Å²) < 4.78 is 33.3. The summed E-state index contributed by atoms with van der Waals surface area (Å²) in [6, 6.07) is 7.69. The maximum Gasteiger partial charge on any atom is 0.243 e. The van der Waals surface area contributed by atoms with Crippen molar-refractivity contribution in [2.75, 3.05) is 31.6 Å². The van der Waals surface area contributed by atoms with Gasteiger partial charge in [0.05, 0.1) is 18.1 Å². The Bertz CT molecular complexity index is 907. The van der Waals surface area contributed by atoms with Crippen molar-refractivity contribution in [3.63, 3.8) is 0 Å². The molecule has 1 saturated heterocycles. The van der Waals surface area contributed by atoms with E-state index in [4.69, 9.17) is 4.74 Å². The molecule has 1 aromatic heterocycles. The Labute approximate surface area is 180 Å². The topological polar surface area (TPSA) is 84.4 Å². The minimum atomic E-state index is -3.47. The number of anilines is 1. The van der Waals surface area contributed by atoms with E-state index in [0.29, 0.717) is 43.0 Å². The van der Waals surface area contributed by atoms with E-state index in [1.165, 1.54) is 36.4 Å². The quantitative estimate of drug-likeness (QED) is 0.640. The first-order valence-corrected chi connectivity index (χ1v) is 13.3. The average molecular weight is 455 g/mol. The van der Waals surface area contributed by atoms with E-state index < -0.39 is 10.0 Å². The molecule has 0 atom stereocenters. The lowest BCUT2D eigenvalue weighted by Crippen LogP contribution is -2.40. The van der Waals surface area contributed by atoms with Gasteiger partial charge in [-0.2, -0.15) is 4.31 Å². The smallest absolute Gasteiger partial charge is 0.243 e. The molecule has 4 rings (SSSR count). The lowest BCUT2D eigenvalue weighted by Gasteiger charge is -2.26. The van der Waals surface area contributed by atoms with E-state index in [0.717, 1.165) is 15.0 Å². The number of thioether (sulfide) groups is 1. The normalized spacial score (nSPS) is 19.3. The van der Waals surface area contributed by atoms with E-state index in [1.54, 1.807) is 41.3 Å². The van der Waals surface area contributed by atoms with E-state index >= 15 is 0 Å². The maximum atomic E-state index is 12.8. The second kappa shape index (κ2) is 9.74. The molecule has 2 fully saturated rings. The Kier molecular flexibility index (Phi) is 7.07. The van der Waals surface area contributed by atoms with Gasteiger partial charge in [-0.3, -0.25) is 0 Å². The highest BCUT2D eigenvalue weighted by Gasteiger charge is 2.26. The predicted octanol–water partition coefficient (Wildman–Crippen LogP) is 3.60. The summed E-state index contributed by atoms with van der Waals surface area (Å²) in [6.07, 6.45) is 6.29. The first-order valence-electron chi connectivity index (χ1n) is 10.0. The molecule has 1 saturated carbocycles. The van der Waals surface area contributed by atoms with Crippen LogP contribution < -0.4 is 5.32 Å². The van der Waals surface area contributed by atoms with Gasteiger partial charge in [-0.05, 0) is 30.5 Å². The first-order chi connectivity index (χ1) is 14.1. The van der Waals surface area contributed by atoms with Gasteiger partial charge < -0.3 is 10.1 Å². The van der Waals surface area contributed by atoms with Gasteiger partial charge in [0.15, 0.2) is 4.34 Å². The SMILES string of the molecule is O=S(=O)(c1cccc(CSc2nnc(NC3CCCCC3)s2)c1)N1CCOCC1. The average Bonchev–Trinajstić information content (AvgIpc) is 3.21. The molecular formula is C19H26N4O3S3. The van der Waals surface area contributed by atoms with Crippen molar-refractivity contribution >= 4 is 38.3 Å². The molecule has 0 spiro atoms. The summed E-state index contributed by atoms with van der Waals surface area (Å²) in [7, 11) is -3.47. The van der Waals surface area contributed by atoms with Gasteiger partial charge in [-0.25, -0.2) is 8.42 Å². The number of sulfonamides is 1. The molecule has 1 aromatic carbocycles. The summed E-state index contributed by atoms with van der Waals surface area (Å²) in [4.78, 5) is 0.342. The molecular weight excluding hydrogens is 428 g/mol. The predicted molar refractivity (Wildman–Crippen MR) is 116 cm³/mol. The molecule has 2 heterocycles. The van der Waals surface area contributed by atoms with Crippen LogP contribution in [0.25, 0.3) is 0 Å². The summed E-state index contributed by atoms with van der Waals surface area (Å²) in [6.45, 7) is 1.71. The lowest BCUT2D eigenvalue weighted by molar-refractivity contribution is 0.0730. The van der Waals surface area contributed by atoms with Gasteiger partial charge in [0.1, 0.15) is 0 Å². The summed E-state index contributed by atoms with van der Waals surface area (Å²) >= 11 is 3.16. The highest BCUT2D eigenvalue weighted by Crippen LogP contribution is 2.31. The number of rotatable bonds is 7. The molecule has 0 bridgehead atoms. The summed E-state index contributed by atoms with van der Waals surface area (Å²) in [5.41, 5.74) is 0.960. The Morgan fingerprint density at radius 3 is 2.76 bits per heavy atom. The standard InChI is InChI=1S/C19H26N4O3S3/c24-29(25,23-9-11-26-12-10-23)17-8-4-5-15(13-17)14-27-19-22-21-18(28-19)20-16-6-2-1-3-7-16/h4-5,8,13,16H,1-3,6-7,9-12,14H2,(H,20,21).